The third-order valence-corrected chi connectivity index (χ3v) is 9.08. The zero-order valence-electron chi connectivity index (χ0n) is 23.8. The predicted octanol–water partition coefficient (Wildman–Crippen LogP) is 5.51. The quantitative estimate of drug-likeness (QED) is 0.395. The molecule has 1 aliphatic heterocycles. The predicted molar refractivity (Wildman–Crippen MR) is 151 cm³/mol. The zero-order valence-corrected chi connectivity index (χ0v) is 23.8. The summed E-state index contributed by atoms with van der Waals surface area (Å²) in [5, 5.41) is 10.2. The number of ether oxygens (including phenoxy) is 1. The third-order valence-electron chi connectivity index (χ3n) is 9.08. The van der Waals surface area contributed by atoms with Crippen molar-refractivity contribution < 1.29 is 14.3 Å². The number of pyridine rings is 1. The number of methoxy groups -OCH3 is 1. The van der Waals surface area contributed by atoms with Crippen molar-refractivity contribution in [3.8, 4) is 11.8 Å². The molecule has 7 heteroatoms. The zero-order chi connectivity index (χ0) is 28.1. The molecule has 2 aliphatic rings. The lowest BCUT2D eigenvalue weighted by atomic mass is 9.77. The molecule has 3 heterocycles. The van der Waals surface area contributed by atoms with Crippen LogP contribution >= 0.6 is 0 Å². The Morgan fingerprint density at radius 1 is 1.21 bits per heavy atom. The molecule has 1 aromatic carbocycles. The van der Waals surface area contributed by atoms with Crippen LogP contribution in [0.4, 0.5) is 0 Å². The minimum atomic E-state index is -0.0797. The molecule has 0 radical (unpaired) electrons. The topological polar surface area (TPSA) is 88.2 Å². The highest BCUT2D eigenvalue weighted by molar-refractivity contribution is 5.99. The van der Waals surface area contributed by atoms with E-state index in [1.165, 1.54) is 5.56 Å². The smallest absolute Gasteiger partial charge is 0.225 e. The second-order valence-electron chi connectivity index (χ2n) is 12.5. The maximum absolute atomic E-state index is 13.4. The standard InChI is InChI=1S/C32H38N4O3/c1-19(32(2,3)4)31(38)36-16-22-10-11-23(17-36)27(22)25-18-35(5)30-28(25)29(39-6)24(15-34-30)13-26(37)21-9-7-8-20(12-21)14-33/h7-9,12,15,18-19,22-23,27H,10-11,13,16-17H2,1-6H3/t19-,22-,23+,27?/m0/s1. The lowest BCUT2D eigenvalue weighted by Crippen LogP contribution is -2.48. The van der Waals surface area contributed by atoms with Crippen molar-refractivity contribution in [1.82, 2.24) is 14.5 Å². The van der Waals surface area contributed by atoms with Gasteiger partial charge in [0.25, 0.3) is 0 Å². The minimum Gasteiger partial charge on any atom is -0.496 e. The molecule has 2 fully saturated rings. The summed E-state index contributed by atoms with van der Waals surface area (Å²) in [6.07, 6.45) is 6.25. The molecule has 1 saturated heterocycles. The van der Waals surface area contributed by atoms with Gasteiger partial charge >= 0.3 is 0 Å². The highest BCUT2D eigenvalue weighted by atomic mass is 16.5. The lowest BCUT2D eigenvalue weighted by Gasteiger charge is -2.41. The van der Waals surface area contributed by atoms with Crippen LogP contribution in [0.1, 0.15) is 73.5 Å². The molecule has 0 spiro atoms. The molecule has 204 valence electrons. The maximum atomic E-state index is 13.4. The number of hydrogen-bond acceptors (Lipinski definition) is 5. The SMILES string of the molecule is COc1c(CC(=O)c2cccc(C#N)c2)cnc2c1c(C1[C@@H]3CC[C@H]1CN(C(=O)[C@H](C)C(C)(C)C)C3)cn2C. The molecular formula is C32H38N4O3. The molecule has 1 aliphatic carbocycles. The summed E-state index contributed by atoms with van der Waals surface area (Å²) in [4.78, 5) is 33.4. The number of fused-ring (bicyclic) bond motifs is 3. The van der Waals surface area contributed by atoms with Gasteiger partial charge in [-0.2, -0.15) is 5.26 Å². The van der Waals surface area contributed by atoms with E-state index in [0.717, 1.165) is 42.5 Å². The highest BCUT2D eigenvalue weighted by Gasteiger charge is 2.46. The number of amides is 1. The highest BCUT2D eigenvalue weighted by Crippen LogP contribution is 2.51. The van der Waals surface area contributed by atoms with Gasteiger partial charge in [-0.05, 0) is 53.7 Å². The fourth-order valence-corrected chi connectivity index (χ4v) is 6.59. The number of piperidine rings is 1. The molecule has 2 aromatic heterocycles. The number of carbonyl (C=O) groups excluding carboxylic acids is 2. The molecule has 39 heavy (non-hydrogen) atoms. The van der Waals surface area contributed by atoms with E-state index < -0.39 is 0 Å². The summed E-state index contributed by atoms with van der Waals surface area (Å²) in [5.41, 5.74) is 3.69. The summed E-state index contributed by atoms with van der Waals surface area (Å²) >= 11 is 0. The normalized spacial score (nSPS) is 21.6. The van der Waals surface area contributed by atoms with Gasteiger partial charge in [0, 0.05) is 56.0 Å². The van der Waals surface area contributed by atoms with Gasteiger partial charge in [0.2, 0.25) is 5.91 Å². The first-order valence-corrected chi connectivity index (χ1v) is 13.9. The number of ketones is 1. The fourth-order valence-electron chi connectivity index (χ4n) is 6.59. The maximum Gasteiger partial charge on any atom is 0.225 e. The third kappa shape index (κ3) is 4.82. The second kappa shape index (κ2) is 10.1. The van der Waals surface area contributed by atoms with Crippen molar-refractivity contribution in [2.24, 2.45) is 30.2 Å². The van der Waals surface area contributed by atoms with Crippen LogP contribution in [-0.4, -0.2) is 46.3 Å². The van der Waals surface area contributed by atoms with E-state index in [0.29, 0.717) is 34.6 Å². The monoisotopic (exact) mass is 526 g/mol. The molecule has 2 bridgehead atoms. The van der Waals surface area contributed by atoms with Crippen LogP contribution in [0.5, 0.6) is 5.75 Å². The summed E-state index contributed by atoms with van der Waals surface area (Å²) in [6, 6.07) is 8.89. The average Bonchev–Trinajstić information content (AvgIpc) is 3.38. The Labute approximate surface area is 230 Å². The Balaban J connectivity index is 1.48. The van der Waals surface area contributed by atoms with Gasteiger partial charge < -0.3 is 14.2 Å². The first kappa shape index (κ1) is 26.9. The molecule has 1 unspecified atom stereocenters. The number of nitrogens with zero attached hydrogens (tertiary/aromatic N) is 4. The number of likely N-dealkylation sites (tertiary alicyclic amines) is 1. The van der Waals surface area contributed by atoms with E-state index in [1.807, 2.05) is 11.6 Å². The Hall–Kier alpha value is -3.66. The minimum absolute atomic E-state index is 0.0238. The fraction of sp³-hybridized carbons (Fsp3) is 0.500. The van der Waals surface area contributed by atoms with Crippen LogP contribution in [0.2, 0.25) is 0 Å². The Morgan fingerprint density at radius 2 is 1.90 bits per heavy atom. The van der Waals surface area contributed by atoms with Crippen molar-refractivity contribution >= 4 is 22.7 Å². The van der Waals surface area contributed by atoms with Crippen molar-refractivity contribution in [2.45, 2.75) is 52.9 Å². The van der Waals surface area contributed by atoms with Gasteiger partial charge in [0.1, 0.15) is 11.4 Å². The van der Waals surface area contributed by atoms with Crippen LogP contribution in [0.3, 0.4) is 0 Å². The van der Waals surface area contributed by atoms with E-state index in [9.17, 15) is 14.9 Å². The summed E-state index contributed by atoms with van der Waals surface area (Å²) in [5.74, 6) is 1.93. The lowest BCUT2D eigenvalue weighted by molar-refractivity contribution is -0.140. The Kier molecular flexibility index (Phi) is 7.00. The van der Waals surface area contributed by atoms with E-state index in [1.54, 1.807) is 37.6 Å². The Bertz CT molecular complexity index is 1460. The molecule has 1 amide bonds. The molecular weight excluding hydrogens is 488 g/mol. The van der Waals surface area contributed by atoms with E-state index in [-0.39, 0.29) is 29.4 Å². The molecule has 7 nitrogen and oxygen atoms in total. The van der Waals surface area contributed by atoms with Crippen molar-refractivity contribution in [1.29, 1.82) is 5.26 Å². The summed E-state index contributed by atoms with van der Waals surface area (Å²) < 4.78 is 8.03. The number of aryl methyl sites for hydroxylation is 1. The molecule has 1 saturated carbocycles. The van der Waals surface area contributed by atoms with Gasteiger partial charge in [-0.15, -0.1) is 0 Å². The second-order valence-corrected chi connectivity index (χ2v) is 12.5. The molecule has 0 N–H and O–H groups in total. The average molecular weight is 527 g/mol. The largest absolute Gasteiger partial charge is 0.496 e. The number of rotatable bonds is 6. The summed E-state index contributed by atoms with van der Waals surface area (Å²) in [7, 11) is 3.65. The van der Waals surface area contributed by atoms with Gasteiger partial charge in [-0.3, -0.25) is 9.59 Å². The number of hydrogen-bond donors (Lipinski definition) is 0. The number of Topliss-reactive ketones (excluding diaryl/α,β-unsaturated/α-hetero) is 1. The van der Waals surface area contributed by atoms with Crippen LogP contribution in [0, 0.1) is 34.5 Å². The number of aromatic nitrogens is 2. The Morgan fingerprint density at radius 3 is 2.51 bits per heavy atom. The van der Waals surface area contributed by atoms with Gasteiger partial charge in [-0.1, -0.05) is 39.8 Å². The van der Waals surface area contributed by atoms with Crippen LogP contribution in [0.25, 0.3) is 11.0 Å². The van der Waals surface area contributed by atoms with E-state index >= 15 is 0 Å². The molecule has 5 rings (SSSR count). The first-order chi connectivity index (χ1) is 18.5. The summed E-state index contributed by atoms with van der Waals surface area (Å²) in [6.45, 7) is 10.0. The van der Waals surface area contributed by atoms with E-state index in [4.69, 9.17) is 9.72 Å². The number of carbonyl (C=O) groups is 2. The first-order valence-electron chi connectivity index (χ1n) is 13.9. The van der Waals surface area contributed by atoms with E-state index in [2.05, 4.69) is 44.9 Å². The number of nitriles is 1. The molecule has 4 atom stereocenters. The van der Waals surface area contributed by atoms with Crippen molar-refractivity contribution in [2.75, 3.05) is 20.2 Å². The van der Waals surface area contributed by atoms with Crippen molar-refractivity contribution in [3.05, 3.63) is 58.9 Å². The van der Waals surface area contributed by atoms with Crippen LogP contribution < -0.4 is 4.74 Å². The van der Waals surface area contributed by atoms with Crippen LogP contribution in [0.15, 0.2) is 36.7 Å². The van der Waals surface area contributed by atoms with Gasteiger partial charge in [0.15, 0.2) is 5.78 Å². The number of benzene rings is 1. The van der Waals surface area contributed by atoms with Crippen LogP contribution in [-0.2, 0) is 18.3 Å². The van der Waals surface area contributed by atoms with Gasteiger partial charge in [-0.25, -0.2) is 4.98 Å². The molecule has 3 aromatic rings. The van der Waals surface area contributed by atoms with Gasteiger partial charge in [0.05, 0.1) is 24.1 Å². The van der Waals surface area contributed by atoms with Crippen molar-refractivity contribution in [3.63, 3.8) is 0 Å².